The van der Waals surface area contributed by atoms with Gasteiger partial charge in [0.05, 0.1) is 11.8 Å². The number of amides is 1. The molecule has 1 aromatic heterocycles. The average molecular weight is 321 g/mol. The van der Waals surface area contributed by atoms with Crippen LogP contribution >= 0.6 is 0 Å². The van der Waals surface area contributed by atoms with E-state index in [1.165, 1.54) is 18.5 Å². The molecule has 0 fully saturated rings. The van der Waals surface area contributed by atoms with Crippen LogP contribution in [-0.2, 0) is 0 Å². The van der Waals surface area contributed by atoms with Crippen LogP contribution in [0.4, 0.5) is 5.69 Å². The predicted molar refractivity (Wildman–Crippen MR) is 89.3 cm³/mol. The molecule has 0 radical (unpaired) electrons. The van der Waals surface area contributed by atoms with E-state index >= 15 is 0 Å². The number of carbonyl (C=O) groups is 1. The fourth-order valence-corrected chi connectivity index (χ4v) is 2.13. The molecule has 2 N–H and O–H groups in total. The third-order valence-corrected chi connectivity index (χ3v) is 3.25. The Kier molecular flexibility index (Phi) is 4.38. The lowest BCUT2D eigenvalue weighted by Gasteiger charge is -2.09. The van der Waals surface area contributed by atoms with Crippen molar-refractivity contribution in [1.29, 1.82) is 0 Å². The van der Waals surface area contributed by atoms with Crippen LogP contribution in [0.1, 0.15) is 15.9 Å². The number of phenols is 1. The Morgan fingerprint density at radius 1 is 1.17 bits per heavy atom. The van der Waals surface area contributed by atoms with Crippen molar-refractivity contribution >= 4 is 11.6 Å². The van der Waals surface area contributed by atoms with E-state index in [1.54, 1.807) is 42.6 Å². The number of aromatic hydroxyl groups is 1. The summed E-state index contributed by atoms with van der Waals surface area (Å²) >= 11 is 0. The van der Waals surface area contributed by atoms with Crippen LogP contribution in [0.25, 0.3) is 0 Å². The molecule has 0 bridgehead atoms. The molecule has 0 saturated carbocycles. The molecule has 2 aromatic carbocycles. The summed E-state index contributed by atoms with van der Waals surface area (Å²) < 4.78 is 5.57. The first-order valence-electron chi connectivity index (χ1n) is 7.27. The summed E-state index contributed by atoms with van der Waals surface area (Å²) in [5.41, 5.74) is 1.65. The first-order valence-corrected chi connectivity index (χ1v) is 7.27. The molecule has 0 atom stereocenters. The Morgan fingerprint density at radius 2 is 2.04 bits per heavy atom. The van der Waals surface area contributed by atoms with E-state index in [2.05, 4.69) is 15.3 Å². The van der Waals surface area contributed by atoms with Crippen LogP contribution in [0.2, 0.25) is 0 Å². The number of ether oxygens (including phenoxy) is 1. The van der Waals surface area contributed by atoms with Gasteiger partial charge in [-0.05, 0) is 31.2 Å². The van der Waals surface area contributed by atoms with E-state index in [9.17, 15) is 9.90 Å². The molecule has 0 saturated heterocycles. The van der Waals surface area contributed by atoms with Crippen molar-refractivity contribution in [2.75, 3.05) is 5.32 Å². The third-order valence-electron chi connectivity index (χ3n) is 3.25. The number of rotatable bonds is 4. The van der Waals surface area contributed by atoms with Crippen molar-refractivity contribution < 1.29 is 14.6 Å². The number of hydrogen-bond donors (Lipinski definition) is 2. The molecular formula is C18H15N3O3. The minimum atomic E-state index is -0.396. The minimum absolute atomic E-state index is 0.0648. The van der Waals surface area contributed by atoms with Gasteiger partial charge in [-0.2, -0.15) is 0 Å². The van der Waals surface area contributed by atoms with Gasteiger partial charge in [0.1, 0.15) is 11.5 Å². The Labute approximate surface area is 138 Å². The number of benzene rings is 2. The van der Waals surface area contributed by atoms with Crippen LogP contribution in [0, 0.1) is 6.92 Å². The molecule has 6 heteroatoms. The van der Waals surface area contributed by atoms with Gasteiger partial charge in [-0.15, -0.1) is 0 Å². The zero-order valence-corrected chi connectivity index (χ0v) is 12.9. The number of carbonyl (C=O) groups excluding carboxylic acids is 1. The number of hydrogen-bond acceptors (Lipinski definition) is 5. The van der Waals surface area contributed by atoms with Crippen LogP contribution in [0.3, 0.4) is 0 Å². The molecule has 0 aliphatic heterocycles. The quantitative estimate of drug-likeness (QED) is 0.768. The van der Waals surface area contributed by atoms with Gasteiger partial charge in [-0.3, -0.25) is 9.78 Å². The molecule has 0 unspecified atom stereocenters. The first-order chi connectivity index (χ1) is 11.6. The Bertz CT molecular complexity index is 866. The highest BCUT2D eigenvalue weighted by Crippen LogP contribution is 2.24. The number of aryl methyl sites for hydroxylation is 1. The second-order valence-electron chi connectivity index (χ2n) is 5.15. The number of nitrogens with zero attached hydrogens (tertiary/aromatic N) is 2. The fourth-order valence-electron chi connectivity index (χ4n) is 2.13. The first kappa shape index (κ1) is 15.5. The maximum absolute atomic E-state index is 12.3. The highest BCUT2D eigenvalue weighted by molar-refractivity contribution is 6.06. The molecule has 120 valence electrons. The molecule has 1 amide bonds. The lowest BCUT2D eigenvalue weighted by molar-refractivity contribution is 0.102. The second-order valence-corrected chi connectivity index (χ2v) is 5.15. The zero-order valence-electron chi connectivity index (χ0n) is 12.9. The fraction of sp³-hybridized carbons (Fsp3) is 0.0556. The largest absolute Gasteiger partial charge is 0.507 e. The predicted octanol–water partition coefficient (Wildman–Crippen LogP) is 3.54. The molecule has 0 aliphatic carbocycles. The van der Waals surface area contributed by atoms with Crippen LogP contribution in [0.15, 0.2) is 61.1 Å². The molecule has 3 rings (SSSR count). The molecule has 6 nitrogen and oxygen atoms in total. The standard InChI is InChI=1S/C18H15N3O3/c1-12-5-6-16(22)15(9-12)18(23)21-13-3-2-4-14(10-13)24-17-11-19-7-8-20-17/h2-11,22H,1H3,(H,21,23). The van der Waals surface area contributed by atoms with Crippen LogP contribution < -0.4 is 10.1 Å². The van der Waals surface area contributed by atoms with Gasteiger partial charge in [0, 0.05) is 24.1 Å². The van der Waals surface area contributed by atoms with E-state index in [-0.39, 0.29) is 11.3 Å². The number of aromatic nitrogens is 2. The number of anilines is 1. The maximum Gasteiger partial charge on any atom is 0.259 e. The summed E-state index contributed by atoms with van der Waals surface area (Å²) in [4.78, 5) is 20.3. The van der Waals surface area contributed by atoms with Crippen molar-refractivity contribution in [2.45, 2.75) is 6.92 Å². The van der Waals surface area contributed by atoms with Crippen LogP contribution in [-0.4, -0.2) is 21.0 Å². The summed E-state index contributed by atoms with van der Waals surface area (Å²) in [6, 6.07) is 11.8. The normalized spacial score (nSPS) is 10.2. The third kappa shape index (κ3) is 3.67. The average Bonchev–Trinajstić information content (AvgIpc) is 2.58. The Balaban J connectivity index is 1.77. The molecule has 24 heavy (non-hydrogen) atoms. The van der Waals surface area contributed by atoms with E-state index in [0.717, 1.165) is 5.56 Å². The van der Waals surface area contributed by atoms with Gasteiger partial charge in [-0.1, -0.05) is 17.7 Å². The highest BCUT2D eigenvalue weighted by atomic mass is 16.5. The highest BCUT2D eigenvalue weighted by Gasteiger charge is 2.12. The van der Waals surface area contributed by atoms with Crippen LogP contribution in [0.5, 0.6) is 17.4 Å². The van der Waals surface area contributed by atoms with E-state index < -0.39 is 5.91 Å². The van der Waals surface area contributed by atoms with Crippen molar-refractivity contribution in [3.05, 3.63) is 72.2 Å². The lowest BCUT2D eigenvalue weighted by atomic mass is 10.1. The van der Waals surface area contributed by atoms with E-state index in [4.69, 9.17) is 4.74 Å². The Morgan fingerprint density at radius 3 is 2.83 bits per heavy atom. The second kappa shape index (κ2) is 6.78. The van der Waals surface area contributed by atoms with Crippen molar-refractivity contribution in [1.82, 2.24) is 9.97 Å². The maximum atomic E-state index is 12.3. The molecular weight excluding hydrogens is 306 g/mol. The zero-order chi connectivity index (χ0) is 16.9. The van der Waals surface area contributed by atoms with Gasteiger partial charge in [0.2, 0.25) is 5.88 Å². The Hall–Kier alpha value is -3.41. The van der Waals surface area contributed by atoms with Gasteiger partial charge in [0.25, 0.3) is 5.91 Å². The van der Waals surface area contributed by atoms with Gasteiger partial charge in [-0.25, -0.2) is 4.98 Å². The summed E-state index contributed by atoms with van der Waals surface area (Å²) in [6.07, 6.45) is 4.58. The molecule has 3 aromatic rings. The number of nitrogens with one attached hydrogen (secondary N) is 1. The SMILES string of the molecule is Cc1ccc(O)c(C(=O)Nc2cccc(Oc3cnccn3)c2)c1. The topological polar surface area (TPSA) is 84.3 Å². The van der Waals surface area contributed by atoms with E-state index in [0.29, 0.717) is 17.3 Å². The van der Waals surface area contributed by atoms with E-state index in [1.807, 2.05) is 6.92 Å². The number of phenolic OH excluding ortho intramolecular Hbond substituents is 1. The summed E-state index contributed by atoms with van der Waals surface area (Å²) in [7, 11) is 0. The van der Waals surface area contributed by atoms with Gasteiger partial charge < -0.3 is 15.2 Å². The van der Waals surface area contributed by atoms with Crippen molar-refractivity contribution in [3.63, 3.8) is 0 Å². The monoisotopic (exact) mass is 321 g/mol. The lowest BCUT2D eigenvalue weighted by Crippen LogP contribution is -2.12. The van der Waals surface area contributed by atoms with Crippen molar-refractivity contribution in [3.8, 4) is 17.4 Å². The summed E-state index contributed by atoms with van der Waals surface area (Å²) in [5, 5.41) is 12.6. The van der Waals surface area contributed by atoms with Gasteiger partial charge >= 0.3 is 0 Å². The van der Waals surface area contributed by atoms with Gasteiger partial charge in [0.15, 0.2) is 0 Å². The smallest absolute Gasteiger partial charge is 0.259 e. The summed E-state index contributed by atoms with van der Waals surface area (Å²) in [5.74, 6) is 0.414. The summed E-state index contributed by atoms with van der Waals surface area (Å²) in [6.45, 7) is 1.85. The molecule has 0 spiro atoms. The minimum Gasteiger partial charge on any atom is -0.507 e. The molecule has 0 aliphatic rings. The van der Waals surface area contributed by atoms with Crippen molar-refractivity contribution in [2.24, 2.45) is 0 Å². The molecule has 1 heterocycles.